The predicted molar refractivity (Wildman–Crippen MR) is 304 cm³/mol. The third-order valence-electron chi connectivity index (χ3n) is 13.4. The summed E-state index contributed by atoms with van der Waals surface area (Å²) in [6, 6.07) is -11.2. The molecule has 0 unspecified atom stereocenters. The van der Waals surface area contributed by atoms with Crippen molar-refractivity contribution >= 4 is 88.8 Å². The van der Waals surface area contributed by atoms with Crippen LogP contribution in [0.1, 0.15) is 126 Å². The molecule has 0 spiro atoms. The molecular formula is C51H91N19O14. The Morgan fingerprint density at radius 2 is 1.07 bits per heavy atom. The zero-order valence-electron chi connectivity index (χ0n) is 49.0. The van der Waals surface area contributed by atoms with E-state index < -0.39 is 169 Å². The van der Waals surface area contributed by atoms with Crippen molar-refractivity contribution in [2.45, 2.75) is 180 Å². The number of hydrogen-bond acceptors (Lipinski definition) is 16. The Hall–Kier alpha value is -8.39. The summed E-state index contributed by atoms with van der Waals surface area (Å²) in [5.74, 6) is -13.0. The van der Waals surface area contributed by atoms with Crippen molar-refractivity contribution in [3.05, 3.63) is 0 Å². The first kappa shape index (κ1) is 73.6. The number of hydrogen-bond donors (Lipinski definition) is 19. The van der Waals surface area contributed by atoms with Crippen molar-refractivity contribution < 1.29 is 67.4 Å². The molecule has 1 heterocycles. The van der Waals surface area contributed by atoms with Gasteiger partial charge in [-0.1, -0.05) is 48.0 Å². The van der Waals surface area contributed by atoms with Gasteiger partial charge in [0.05, 0.1) is 19.1 Å². The van der Waals surface area contributed by atoms with E-state index in [0.29, 0.717) is 12.8 Å². The number of nitrogens with one attached hydrogen (secondary N) is 13. The van der Waals surface area contributed by atoms with E-state index in [1.54, 1.807) is 27.7 Å². The second kappa shape index (κ2) is 37.7. The lowest BCUT2D eigenvalue weighted by molar-refractivity contribution is -0.143. The Kier molecular flexibility index (Phi) is 33.0. The van der Waals surface area contributed by atoms with Crippen LogP contribution in [0.4, 0.5) is 0 Å². The average molecular weight is 1190 g/mol. The lowest BCUT2D eigenvalue weighted by atomic mass is 9.96. The Balaban J connectivity index is 3.31. The van der Waals surface area contributed by atoms with E-state index in [2.05, 4.69) is 58.5 Å². The van der Waals surface area contributed by atoms with E-state index in [1.165, 1.54) is 11.8 Å². The first-order valence-electron chi connectivity index (χ1n) is 28.0. The highest BCUT2D eigenvalue weighted by Gasteiger charge is 2.41. The number of carboxylic acids is 1. The molecule has 1 rings (SSSR count). The minimum Gasteiger partial charge on any atom is -0.481 e. The van der Waals surface area contributed by atoms with Gasteiger partial charge in [-0.3, -0.25) is 73.1 Å². The molecule has 1 aliphatic heterocycles. The topological polar surface area (TPSA) is 556 Å². The quantitative estimate of drug-likeness (QED) is 0.0155. The van der Waals surface area contributed by atoms with Crippen molar-refractivity contribution in [3.8, 4) is 0 Å². The summed E-state index contributed by atoms with van der Waals surface area (Å²) >= 11 is 0. The van der Waals surface area contributed by atoms with E-state index in [-0.39, 0.29) is 88.8 Å². The molecule has 1 aliphatic rings. The van der Waals surface area contributed by atoms with Crippen LogP contribution in [0.5, 0.6) is 0 Å². The summed E-state index contributed by atoms with van der Waals surface area (Å²) in [5.41, 5.74) is 27.2. The van der Waals surface area contributed by atoms with Crippen LogP contribution in [-0.4, -0.2) is 186 Å². The Morgan fingerprint density at radius 3 is 1.60 bits per heavy atom. The maximum absolute atomic E-state index is 14.5. The lowest BCUT2D eigenvalue weighted by Gasteiger charge is -2.32. The average Bonchev–Trinajstić information content (AvgIpc) is 4.16. The van der Waals surface area contributed by atoms with Crippen LogP contribution in [0, 0.1) is 28.6 Å². The van der Waals surface area contributed by atoms with Crippen LogP contribution in [0.3, 0.4) is 0 Å². The molecule has 0 radical (unpaired) electrons. The van der Waals surface area contributed by atoms with Crippen LogP contribution >= 0.6 is 0 Å². The summed E-state index contributed by atoms with van der Waals surface area (Å²) in [6.45, 7) is 10.7. The number of likely N-dealkylation sites (tertiary alicyclic amines) is 1. The predicted octanol–water partition coefficient (Wildman–Crippen LogP) is -6.16. The van der Waals surface area contributed by atoms with Crippen LogP contribution in [0.2, 0.25) is 0 Å². The van der Waals surface area contributed by atoms with Gasteiger partial charge in [-0.05, 0) is 82.5 Å². The van der Waals surface area contributed by atoms with E-state index in [4.69, 9.17) is 44.6 Å². The summed E-state index contributed by atoms with van der Waals surface area (Å²) in [7, 11) is 0. The molecular weight excluding hydrogens is 1100 g/mol. The number of nitrogens with zero attached hydrogens (tertiary/aromatic N) is 1. The number of primary amides is 2. The van der Waals surface area contributed by atoms with Crippen LogP contribution in [-0.2, 0) is 62.3 Å². The number of carbonyl (C=O) groups is 13. The standard InChI is InChI=1S/C51H91N19O14/c1-8-27(6)40(48(83)68-39(26(4)5)47(82)62-23-36(72)61-24-37(73)63-31(15-17-35(53)71)43(78)64-29(41(54)76)16-18-38(74)75)69-44(79)30(12-9-19-59-50(55)56)65-46(81)34-14-11-21-70(34)49(84)32(13-10-20-60-51(57)58)66-45(80)33(22-25(2)3)67-42(77)28(7)52/h25-34,39-40H,8-24,52H2,1-7H3,(H2,53,71)(H2,54,76)(H,61,72)(H,62,82)(H,63,73)(H,64,78)(H,65,81)(H,66,80)(H,67,77)(H,68,83)(H,69,79)(H,74,75)(H4,55,56,59)(H4,57,58,60)/t27-,28-,29-,30-,31-,32-,33-,34-,39-,40-/m0/s1. The number of guanidine groups is 2. The summed E-state index contributed by atoms with van der Waals surface area (Å²) in [5, 5.41) is 52.0. The molecule has 33 nitrogen and oxygen atoms in total. The van der Waals surface area contributed by atoms with E-state index in [1.807, 2.05) is 13.8 Å². The Morgan fingerprint density at radius 1 is 0.560 bits per heavy atom. The minimum absolute atomic E-state index is 0.0336. The summed E-state index contributed by atoms with van der Waals surface area (Å²) in [4.78, 5) is 172. The van der Waals surface area contributed by atoms with Gasteiger partial charge >= 0.3 is 5.97 Å². The fourth-order valence-corrected chi connectivity index (χ4v) is 8.51. The number of aliphatic carboxylic acids is 1. The van der Waals surface area contributed by atoms with Crippen molar-refractivity contribution in [3.63, 3.8) is 0 Å². The van der Waals surface area contributed by atoms with Gasteiger partial charge < -0.3 is 97.2 Å². The van der Waals surface area contributed by atoms with Crippen LogP contribution in [0.15, 0.2) is 0 Å². The maximum atomic E-state index is 14.5. The van der Waals surface area contributed by atoms with Crippen molar-refractivity contribution in [1.29, 1.82) is 10.8 Å². The second-order valence-electron chi connectivity index (χ2n) is 21.4. The van der Waals surface area contributed by atoms with Gasteiger partial charge in [0.2, 0.25) is 70.9 Å². The molecule has 12 amide bonds. The van der Waals surface area contributed by atoms with Gasteiger partial charge in [0.25, 0.3) is 0 Å². The zero-order chi connectivity index (χ0) is 64.0. The molecule has 0 bridgehead atoms. The molecule has 0 saturated carbocycles. The molecule has 10 atom stereocenters. The zero-order valence-corrected chi connectivity index (χ0v) is 49.0. The highest BCUT2D eigenvalue weighted by atomic mass is 16.4. The molecule has 33 heteroatoms. The van der Waals surface area contributed by atoms with Gasteiger partial charge in [-0.25, -0.2) is 0 Å². The SMILES string of the molecule is CC[C@H](C)[C@H](NC(=O)[C@H](CCCNC(=N)N)NC(=O)[C@@H]1CCCN1C(=O)[C@H](CCCNC(=N)N)NC(=O)[C@H](CC(C)C)NC(=O)[C@H](C)N)C(=O)N[C@H](C(=O)NCC(=O)NCC(=O)N[C@@H](CCC(N)=O)C(=O)N[C@@H](CCC(=O)O)C(N)=O)C(C)C. The molecule has 0 aliphatic carbocycles. The third kappa shape index (κ3) is 28.1. The highest BCUT2D eigenvalue weighted by molar-refractivity contribution is 5.98. The summed E-state index contributed by atoms with van der Waals surface area (Å²) < 4.78 is 0. The highest BCUT2D eigenvalue weighted by Crippen LogP contribution is 2.21. The minimum atomic E-state index is -1.48. The van der Waals surface area contributed by atoms with Crippen molar-refractivity contribution in [2.75, 3.05) is 32.7 Å². The van der Waals surface area contributed by atoms with Gasteiger partial charge in [0.15, 0.2) is 11.9 Å². The molecule has 0 aromatic heterocycles. The van der Waals surface area contributed by atoms with E-state index in [9.17, 15) is 62.3 Å². The Bertz CT molecular complexity index is 2340. The monoisotopic (exact) mass is 1190 g/mol. The largest absolute Gasteiger partial charge is 0.481 e. The molecule has 84 heavy (non-hydrogen) atoms. The van der Waals surface area contributed by atoms with Gasteiger partial charge in [0.1, 0.15) is 48.3 Å². The number of carboxylic acid groups (broad SMARTS) is 1. The maximum Gasteiger partial charge on any atom is 0.303 e. The van der Waals surface area contributed by atoms with Gasteiger partial charge in [0, 0.05) is 32.5 Å². The van der Waals surface area contributed by atoms with E-state index >= 15 is 0 Å². The van der Waals surface area contributed by atoms with Crippen LogP contribution < -0.4 is 87.2 Å². The third-order valence-corrected chi connectivity index (χ3v) is 13.4. The first-order valence-corrected chi connectivity index (χ1v) is 28.0. The number of amides is 12. The van der Waals surface area contributed by atoms with Gasteiger partial charge in [-0.15, -0.1) is 0 Å². The molecule has 474 valence electrons. The molecule has 24 N–H and O–H groups in total. The van der Waals surface area contributed by atoms with Gasteiger partial charge in [-0.2, -0.15) is 0 Å². The number of rotatable bonds is 39. The smallest absolute Gasteiger partial charge is 0.303 e. The van der Waals surface area contributed by atoms with Crippen molar-refractivity contribution in [2.24, 2.45) is 46.4 Å². The summed E-state index contributed by atoms with van der Waals surface area (Å²) in [6.07, 6.45) is -0.179. The lowest BCUT2D eigenvalue weighted by Crippen LogP contribution is -2.61. The first-order chi connectivity index (χ1) is 39.3. The second-order valence-corrected chi connectivity index (χ2v) is 21.4. The van der Waals surface area contributed by atoms with Crippen LogP contribution in [0.25, 0.3) is 0 Å². The molecule has 1 fully saturated rings. The fraction of sp³-hybridized carbons (Fsp3) is 0.706. The molecule has 0 aromatic rings. The normalized spacial score (nSPS) is 16.0. The van der Waals surface area contributed by atoms with Crippen molar-refractivity contribution in [1.82, 2.24) is 63.4 Å². The fourth-order valence-electron chi connectivity index (χ4n) is 8.51. The molecule has 0 aromatic carbocycles. The number of carbonyl (C=O) groups excluding carboxylic acids is 12. The van der Waals surface area contributed by atoms with E-state index in [0.717, 1.165) is 0 Å². The molecule has 1 saturated heterocycles. The number of nitrogens with two attached hydrogens (primary N) is 5. The Labute approximate surface area is 488 Å².